The minimum atomic E-state index is -0.417. The second-order valence-electron chi connectivity index (χ2n) is 5.63. The molecule has 1 saturated heterocycles. The van der Waals surface area contributed by atoms with E-state index in [1.807, 2.05) is 25.7 Å². The fraction of sp³-hybridized carbons (Fsp3) is 0.917. The van der Waals surface area contributed by atoms with Gasteiger partial charge in [-0.15, -0.1) is 0 Å². The quantitative estimate of drug-likeness (QED) is 0.689. The van der Waals surface area contributed by atoms with Crippen molar-refractivity contribution < 1.29 is 9.53 Å². The molecule has 2 atom stereocenters. The monoisotopic (exact) mass is 228 g/mol. The second kappa shape index (κ2) is 5.04. The number of amides is 1. The Morgan fingerprint density at radius 3 is 2.56 bits per heavy atom. The van der Waals surface area contributed by atoms with E-state index in [2.05, 4.69) is 19.2 Å². The van der Waals surface area contributed by atoms with Crippen molar-refractivity contribution in [3.05, 3.63) is 0 Å². The van der Waals surface area contributed by atoms with E-state index in [1.54, 1.807) is 0 Å². The standard InChI is InChI=1S/C12H24N2O2/c1-9-8-14(10(2)6-7-13-9)11(15)16-12(3,4)5/h9-10,13H,6-8H2,1-5H3. The van der Waals surface area contributed by atoms with E-state index >= 15 is 0 Å². The lowest BCUT2D eigenvalue weighted by Crippen LogP contribution is -2.45. The zero-order valence-corrected chi connectivity index (χ0v) is 11.0. The van der Waals surface area contributed by atoms with Gasteiger partial charge in [0.25, 0.3) is 0 Å². The Balaban J connectivity index is 2.64. The molecule has 0 radical (unpaired) electrons. The first-order valence-corrected chi connectivity index (χ1v) is 6.02. The van der Waals surface area contributed by atoms with Crippen LogP contribution in [-0.4, -0.2) is 41.8 Å². The highest BCUT2D eigenvalue weighted by molar-refractivity contribution is 5.68. The molecule has 2 unspecified atom stereocenters. The maximum Gasteiger partial charge on any atom is 0.410 e. The maximum atomic E-state index is 12.0. The minimum Gasteiger partial charge on any atom is -0.444 e. The first-order chi connectivity index (χ1) is 7.29. The zero-order valence-electron chi connectivity index (χ0n) is 11.0. The first kappa shape index (κ1) is 13.3. The molecule has 1 aliphatic rings. The van der Waals surface area contributed by atoms with Gasteiger partial charge in [-0.1, -0.05) is 0 Å². The van der Waals surface area contributed by atoms with Crippen LogP contribution >= 0.6 is 0 Å². The molecule has 1 rings (SSSR count). The third kappa shape index (κ3) is 4.00. The smallest absolute Gasteiger partial charge is 0.410 e. The van der Waals surface area contributed by atoms with Gasteiger partial charge in [-0.3, -0.25) is 0 Å². The highest BCUT2D eigenvalue weighted by atomic mass is 16.6. The van der Waals surface area contributed by atoms with Gasteiger partial charge < -0.3 is 15.0 Å². The summed E-state index contributed by atoms with van der Waals surface area (Å²) in [5.74, 6) is 0. The van der Waals surface area contributed by atoms with Crippen LogP contribution < -0.4 is 5.32 Å². The van der Waals surface area contributed by atoms with E-state index in [0.717, 1.165) is 19.5 Å². The Labute approximate surface area is 98.3 Å². The van der Waals surface area contributed by atoms with Crippen LogP contribution in [0, 0.1) is 0 Å². The van der Waals surface area contributed by atoms with Crippen LogP contribution in [0.3, 0.4) is 0 Å². The van der Waals surface area contributed by atoms with E-state index in [1.165, 1.54) is 0 Å². The van der Waals surface area contributed by atoms with E-state index < -0.39 is 5.60 Å². The van der Waals surface area contributed by atoms with Gasteiger partial charge in [-0.05, 0) is 47.6 Å². The summed E-state index contributed by atoms with van der Waals surface area (Å²) < 4.78 is 5.41. The Bertz CT molecular complexity index is 248. The molecule has 1 aliphatic heterocycles. The summed E-state index contributed by atoms with van der Waals surface area (Å²) in [5, 5.41) is 3.37. The molecule has 0 aromatic heterocycles. The summed E-state index contributed by atoms with van der Waals surface area (Å²) >= 11 is 0. The molecule has 0 aliphatic carbocycles. The van der Waals surface area contributed by atoms with Crippen LogP contribution in [0.4, 0.5) is 4.79 Å². The number of carbonyl (C=O) groups excluding carboxylic acids is 1. The maximum absolute atomic E-state index is 12.0. The van der Waals surface area contributed by atoms with Crippen molar-refractivity contribution >= 4 is 6.09 Å². The zero-order chi connectivity index (χ0) is 12.3. The molecular formula is C12H24N2O2. The number of rotatable bonds is 0. The average Bonchev–Trinajstić information content (AvgIpc) is 2.25. The molecule has 94 valence electrons. The van der Waals surface area contributed by atoms with Crippen LogP contribution in [0.25, 0.3) is 0 Å². The van der Waals surface area contributed by atoms with Gasteiger partial charge in [-0.2, -0.15) is 0 Å². The SMILES string of the molecule is CC1CN(C(=O)OC(C)(C)C)C(C)CCN1. The van der Waals surface area contributed by atoms with Gasteiger partial charge in [0.1, 0.15) is 5.60 Å². The van der Waals surface area contributed by atoms with E-state index in [0.29, 0.717) is 6.04 Å². The number of ether oxygens (including phenoxy) is 1. The lowest BCUT2D eigenvalue weighted by molar-refractivity contribution is 0.0176. The first-order valence-electron chi connectivity index (χ1n) is 6.02. The largest absolute Gasteiger partial charge is 0.444 e. The molecule has 16 heavy (non-hydrogen) atoms. The topological polar surface area (TPSA) is 41.6 Å². The molecule has 4 nitrogen and oxygen atoms in total. The van der Waals surface area contributed by atoms with Crippen molar-refractivity contribution in [3.63, 3.8) is 0 Å². The Morgan fingerprint density at radius 1 is 1.38 bits per heavy atom. The minimum absolute atomic E-state index is 0.199. The Hall–Kier alpha value is -0.770. The number of hydrogen-bond acceptors (Lipinski definition) is 3. The van der Waals surface area contributed by atoms with Gasteiger partial charge in [-0.25, -0.2) is 4.79 Å². The molecule has 1 N–H and O–H groups in total. The van der Waals surface area contributed by atoms with Crippen LogP contribution in [0.1, 0.15) is 41.0 Å². The molecule has 0 aromatic carbocycles. The van der Waals surface area contributed by atoms with Gasteiger partial charge >= 0.3 is 6.09 Å². The van der Waals surface area contributed by atoms with Crippen molar-refractivity contribution in [3.8, 4) is 0 Å². The molecule has 0 bridgehead atoms. The second-order valence-corrected chi connectivity index (χ2v) is 5.63. The molecule has 4 heteroatoms. The average molecular weight is 228 g/mol. The summed E-state index contributed by atoms with van der Waals surface area (Å²) in [6.45, 7) is 11.5. The van der Waals surface area contributed by atoms with E-state index in [4.69, 9.17) is 4.74 Å². The normalized spacial score (nSPS) is 27.4. The van der Waals surface area contributed by atoms with Crippen molar-refractivity contribution in [1.82, 2.24) is 10.2 Å². The number of carbonyl (C=O) groups is 1. The van der Waals surface area contributed by atoms with Crippen molar-refractivity contribution in [2.45, 2.75) is 58.7 Å². The third-order valence-electron chi connectivity index (χ3n) is 2.69. The molecular weight excluding hydrogens is 204 g/mol. The lowest BCUT2D eigenvalue weighted by Gasteiger charge is -2.31. The van der Waals surface area contributed by atoms with Gasteiger partial charge in [0.05, 0.1) is 0 Å². The predicted octanol–water partition coefficient (Wildman–Crippen LogP) is 1.99. The van der Waals surface area contributed by atoms with Crippen molar-refractivity contribution in [2.24, 2.45) is 0 Å². The van der Waals surface area contributed by atoms with Gasteiger partial charge in [0.15, 0.2) is 0 Å². The lowest BCUT2D eigenvalue weighted by atomic mass is 10.2. The van der Waals surface area contributed by atoms with Crippen LogP contribution in [0.2, 0.25) is 0 Å². The summed E-state index contributed by atoms with van der Waals surface area (Å²) in [4.78, 5) is 13.8. The van der Waals surface area contributed by atoms with E-state index in [-0.39, 0.29) is 12.1 Å². The molecule has 0 saturated carbocycles. The molecule has 1 amide bonds. The van der Waals surface area contributed by atoms with Crippen LogP contribution in [0.15, 0.2) is 0 Å². The van der Waals surface area contributed by atoms with Gasteiger partial charge in [0.2, 0.25) is 0 Å². The summed E-state index contributed by atoms with van der Waals surface area (Å²) in [6, 6.07) is 0.574. The van der Waals surface area contributed by atoms with Crippen molar-refractivity contribution in [1.29, 1.82) is 0 Å². The van der Waals surface area contributed by atoms with Gasteiger partial charge in [0, 0.05) is 18.6 Å². The fourth-order valence-corrected chi connectivity index (χ4v) is 1.81. The summed E-state index contributed by atoms with van der Waals surface area (Å²) in [7, 11) is 0. The molecule has 1 heterocycles. The van der Waals surface area contributed by atoms with E-state index in [9.17, 15) is 4.79 Å². The fourth-order valence-electron chi connectivity index (χ4n) is 1.81. The highest BCUT2D eigenvalue weighted by Crippen LogP contribution is 2.15. The van der Waals surface area contributed by atoms with Crippen LogP contribution in [-0.2, 0) is 4.74 Å². The highest BCUT2D eigenvalue weighted by Gasteiger charge is 2.28. The third-order valence-corrected chi connectivity index (χ3v) is 2.69. The predicted molar refractivity (Wildman–Crippen MR) is 64.5 cm³/mol. The van der Waals surface area contributed by atoms with Crippen LogP contribution in [0.5, 0.6) is 0 Å². The Morgan fingerprint density at radius 2 is 2.00 bits per heavy atom. The molecule has 0 aromatic rings. The summed E-state index contributed by atoms with van der Waals surface area (Å²) in [5.41, 5.74) is -0.417. The van der Waals surface area contributed by atoms with Crippen molar-refractivity contribution in [2.75, 3.05) is 13.1 Å². The number of nitrogens with one attached hydrogen (secondary N) is 1. The summed E-state index contributed by atoms with van der Waals surface area (Å²) in [6.07, 6.45) is 0.777. The Kier molecular flexibility index (Phi) is 4.19. The number of nitrogens with zero attached hydrogens (tertiary/aromatic N) is 1. The number of hydrogen-bond donors (Lipinski definition) is 1. The molecule has 1 fully saturated rings. The molecule has 0 spiro atoms.